The van der Waals surface area contributed by atoms with Crippen LogP contribution >= 0.6 is 0 Å². The van der Waals surface area contributed by atoms with Gasteiger partial charge in [-0.2, -0.15) is 0 Å². The summed E-state index contributed by atoms with van der Waals surface area (Å²) >= 11 is 0. The number of benzene rings is 2. The summed E-state index contributed by atoms with van der Waals surface area (Å²) in [5.41, 5.74) is -0.604. The second-order valence-electron chi connectivity index (χ2n) is 7.61. The minimum Gasteiger partial charge on any atom is -0.507 e. The number of fused-ring (bicyclic) bond motifs is 1. The summed E-state index contributed by atoms with van der Waals surface area (Å²) < 4.78 is 21.9. The van der Waals surface area contributed by atoms with E-state index in [0.717, 1.165) is 6.07 Å². The molecule has 11 nitrogen and oxygen atoms in total. The SMILES string of the molecule is COc1c(-c2ccc(O)c(O)c2)oc2cc(O[C@@H]3OC(C)[C@@H](O)[C@@H](O)C3O)cc(O)c2c1=O. The van der Waals surface area contributed by atoms with Crippen molar-refractivity contribution in [2.45, 2.75) is 37.6 Å². The zero-order valence-electron chi connectivity index (χ0n) is 17.5. The van der Waals surface area contributed by atoms with Gasteiger partial charge in [-0.1, -0.05) is 0 Å². The topological polar surface area (TPSA) is 179 Å². The van der Waals surface area contributed by atoms with Gasteiger partial charge in [0.15, 0.2) is 17.3 Å². The summed E-state index contributed by atoms with van der Waals surface area (Å²) in [6.07, 6.45) is -6.66. The van der Waals surface area contributed by atoms with Crippen LogP contribution in [0.15, 0.2) is 39.5 Å². The van der Waals surface area contributed by atoms with Crippen molar-refractivity contribution in [2.24, 2.45) is 0 Å². The van der Waals surface area contributed by atoms with Gasteiger partial charge in [0, 0.05) is 17.7 Å². The third kappa shape index (κ3) is 3.91. The van der Waals surface area contributed by atoms with E-state index in [9.17, 15) is 35.4 Å². The summed E-state index contributed by atoms with van der Waals surface area (Å²) in [5.74, 6) is -1.71. The first-order valence-corrected chi connectivity index (χ1v) is 9.88. The Kier molecular flexibility index (Phi) is 5.80. The molecule has 0 radical (unpaired) electrons. The zero-order chi connectivity index (χ0) is 24.0. The van der Waals surface area contributed by atoms with Crippen LogP contribution in [0.5, 0.6) is 28.7 Å². The number of aromatic hydroxyl groups is 3. The van der Waals surface area contributed by atoms with E-state index in [4.69, 9.17) is 18.6 Å². The highest BCUT2D eigenvalue weighted by atomic mass is 16.7. The number of aliphatic hydroxyl groups is 3. The molecular weight excluding hydrogens is 440 g/mol. The number of ether oxygens (including phenoxy) is 3. The molecule has 1 saturated heterocycles. The van der Waals surface area contributed by atoms with Gasteiger partial charge in [-0.05, 0) is 25.1 Å². The van der Waals surface area contributed by atoms with E-state index < -0.39 is 47.6 Å². The van der Waals surface area contributed by atoms with Crippen LogP contribution < -0.4 is 14.9 Å². The summed E-state index contributed by atoms with van der Waals surface area (Å²) in [6.45, 7) is 1.48. The maximum absolute atomic E-state index is 13.0. The minimum atomic E-state index is -1.59. The van der Waals surface area contributed by atoms with Gasteiger partial charge >= 0.3 is 0 Å². The monoisotopic (exact) mass is 462 g/mol. The van der Waals surface area contributed by atoms with E-state index in [1.807, 2.05) is 0 Å². The second-order valence-corrected chi connectivity index (χ2v) is 7.61. The molecule has 0 amide bonds. The van der Waals surface area contributed by atoms with Crippen molar-refractivity contribution in [1.29, 1.82) is 0 Å². The van der Waals surface area contributed by atoms with E-state index >= 15 is 0 Å². The molecule has 5 atom stereocenters. The van der Waals surface area contributed by atoms with Gasteiger partial charge in [0.2, 0.25) is 17.5 Å². The average Bonchev–Trinajstić information content (AvgIpc) is 2.77. The molecule has 0 bridgehead atoms. The lowest BCUT2D eigenvalue weighted by Gasteiger charge is -2.38. The predicted molar refractivity (Wildman–Crippen MR) is 112 cm³/mol. The molecule has 0 spiro atoms. The summed E-state index contributed by atoms with van der Waals surface area (Å²) in [5, 5.41) is 59.6. The first kappa shape index (κ1) is 22.7. The fraction of sp³-hybridized carbons (Fsp3) is 0.318. The highest BCUT2D eigenvalue weighted by Gasteiger charge is 2.43. The molecule has 2 heterocycles. The van der Waals surface area contributed by atoms with Crippen molar-refractivity contribution in [1.82, 2.24) is 0 Å². The molecule has 11 heteroatoms. The fourth-order valence-electron chi connectivity index (χ4n) is 3.61. The van der Waals surface area contributed by atoms with Gasteiger partial charge in [-0.25, -0.2) is 0 Å². The molecule has 1 aliphatic rings. The van der Waals surface area contributed by atoms with Gasteiger partial charge in [0.1, 0.15) is 40.8 Å². The molecule has 0 saturated carbocycles. The standard InChI is InChI=1S/C22H22O11/c1-8-16(26)18(28)19(29)22(31-8)32-10-6-13(25)15-14(7-10)33-20(21(30-2)17(15)27)9-3-4-11(23)12(24)5-9/h3-8,16,18-19,22-26,28-29H,1-2H3/t8?,16-,18-,19?,22+/m1/s1. The molecule has 6 N–H and O–H groups in total. The zero-order valence-corrected chi connectivity index (χ0v) is 17.5. The molecule has 33 heavy (non-hydrogen) atoms. The normalized spacial score (nSPS) is 25.2. The van der Waals surface area contributed by atoms with E-state index in [1.165, 1.54) is 38.3 Å². The highest BCUT2D eigenvalue weighted by Crippen LogP contribution is 2.38. The Morgan fingerprint density at radius 2 is 1.64 bits per heavy atom. The quantitative estimate of drug-likeness (QED) is 0.302. The second kappa shape index (κ2) is 8.45. The Morgan fingerprint density at radius 3 is 2.30 bits per heavy atom. The molecule has 1 aromatic heterocycles. The number of methoxy groups -OCH3 is 1. The van der Waals surface area contributed by atoms with Crippen molar-refractivity contribution in [3.63, 3.8) is 0 Å². The van der Waals surface area contributed by atoms with E-state index in [-0.39, 0.29) is 39.5 Å². The van der Waals surface area contributed by atoms with Crippen LogP contribution in [0, 0.1) is 0 Å². The maximum Gasteiger partial charge on any atom is 0.239 e. The largest absolute Gasteiger partial charge is 0.507 e. The summed E-state index contributed by atoms with van der Waals surface area (Å²) in [6, 6.07) is 6.12. The lowest BCUT2D eigenvalue weighted by molar-refractivity contribution is -0.268. The smallest absolute Gasteiger partial charge is 0.239 e. The number of phenolic OH excluding ortho intramolecular Hbond substituents is 3. The Morgan fingerprint density at radius 1 is 0.909 bits per heavy atom. The van der Waals surface area contributed by atoms with Gasteiger partial charge in [0.05, 0.1) is 13.2 Å². The number of aliphatic hydroxyl groups excluding tert-OH is 3. The van der Waals surface area contributed by atoms with Crippen molar-refractivity contribution < 1.29 is 49.3 Å². The fourth-order valence-corrected chi connectivity index (χ4v) is 3.61. The molecule has 176 valence electrons. The molecule has 3 aromatic rings. The summed E-state index contributed by atoms with van der Waals surface area (Å²) in [7, 11) is 1.24. The Hall–Kier alpha value is -3.51. The summed E-state index contributed by atoms with van der Waals surface area (Å²) in [4.78, 5) is 13.0. The molecule has 1 aliphatic heterocycles. The van der Waals surface area contributed by atoms with Crippen LogP contribution in [0.25, 0.3) is 22.3 Å². The van der Waals surface area contributed by atoms with Crippen molar-refractivity contribution in [3.05, 3.63) is 40.6 Å². The number of rotatable bonds is 4. The van der Waals surface area contributed by atoms with Crippen LogP contribution in [0.3, 0.4) is 0 Å². The lowest BCUT2D eigenvalue weighted by atomic mass is 10.00. The minimum absolute atomic E-state index is 0.0624. The molecule has 2 aromatic carbocycles. The van der Waals surface area contributed by atoms with Crippen molar-refractivity contribution in [3.8, 4) is 40.1 Å². The number of hydrogen-bond acceptors (Lipinski definition) is 11. The van der Waals surface area contributed by atoms with Crippen LogP contribution in [0.1, 0.15) is 6.92 Å². The lowest BCUT2D eigenvalue weighted by Crippen LogP contribution is -2.58. The first-order valence-electron chi connectivity index (χ1n) is 9.88. The highest BCUT2D eigenvalue weighted by molar-refractivity contribution is 5.88. The van der Waals surface area contributed by atoms with Crippen molar-refractivity contribution in [2.75, 3.05) is 7.11 Å². The molecular formula is C22H22O11. The maximum atomic E-state index is 13.0. The van der Waals surface area contributed by atoms with Gasteiger partial charge in [0.25, 0.3) is 0 Å². The van der Waals surface area contributed by atoms with Crippen LogP contribution in [-0.2, 0) is 4.74 Å². The van der Waals surface area contributed by atoms with Crippen molar-refractivity contribution >= 4 is 11.0 Å². The number of hydrogen-bond donors (Lipinski definition) is 6. The van der Waals surface area contributed by atoms with E-state index in [1.54, 1.807) is 0 Å². The van der Waals surface area contributed by atoms with Crippen LogP contribution in [0.2, 0.25) is 0 Å². The Balaban J connectivity index is 1.80. The number of phenols is 3. The van der Waals surface area contributed by atoms with Crippen LogP contribution in [-0.4, -0.2) is 68.5 Å². The Labute approximate surface area is 186 Å². The average molecular weight is 462 g/mol. The van der Waals surface area contributed by atoms with Gasteiger partial charge in [-0.3, -0.25) is 4.79 Å². The third-order valence-electron chi connectivity index (χ3n) is 5.41. The molecule has 4 rings (SSSR count). The van der Waals surface area contributed by atoms with Gasteiger partial charge in [-0.15, -0.1) is 0 Å². The molecule has 2 unspecified atom stereocenters. The predicted octanol–water partition coefficient (Wildman–Crippen LogP) is 0.792. The first-order chi connectivity index (χ1) is 15.6. The Bertz CT molecular complexity index is 1250. The van der Waals surface area contributed by atoms with Crippen LogP contribution in [0.4, 0.5) is 0 Å². The van der Waals surface area contributed by atoms with Gasteiger partial charge < -0.3 is 49.3 Å². The third-order valence-corrected chi connectivity index (χ3v) is 5.41. The van der Waals surface area contributed by atoms with E-state index in [2.05, 4.69) is 0 Å². The molecule has 0 aliphatic carbocycles. The molecule has 1 fully saturated rings. The van der Waals surface area contributed by atoms with E-state index in [0.29, 0.717) is 0 Å².